The van der Waals surface area contributed by atoms with Gasteiger partial charge in [0.2, 0.25) is 0 Å². The van der Waals surface area contributed by atoms with Gasteiger partial charge in [-0.3, -0.25) is 0 Å². The van der Waals surface area contributed by atoms with E-state index < -0.39 is 27.2 Å². The van der Waals surface area contributed by atoms with Crippen molar-refractivity contribution in [1.29, 1.82) is 0 Å². The average molecular weight is 306 g/mol. The predicted molar refractivity (Wildman–Crippen MR) is 56.8 cm³/mol. The number of alkyl halides is 4. The molecule has 1 aromatic rings. The molecule has 0 unspecified atom stereocenters. The molecule has 0 aliphatic heterocycles. The van der Waals surface area contributed by atoms with Crippen molar-refractivity contribution in [1.82, 2.24) is 0 Å². The summed E-state index contributed by atoms with van der Waals surface area (Å²) in [7, 11) is -6.57. The third-order valence-electron chi connectivity index (χ3n) is 2.01. The standard InChI is InChI=1S/C10H8F4O4S.Li/c1-2-7-3-5-8(6-4-7)18-9(11,12)10(13,14)19(15,16)17;/h2-6H,1H2,(H,15,16,17);/q;+1/p-1. The van der Waals surface area contributed by atoms with Gasteiger partial charge in [-0.2, -0.15) is 17.6 Å². The molecule has 10 heteroatoms. The van der Waals surface area contributed by atoms with Gasteiger partial charge in [-0.25, -0.2) is 8.42 Å². The van der Waals surface area contributed by atoms with E-state index in [4.69, 9.17) is 0 Å². The van der Waals surface area contributed by atoms with Crippen molar-refractivity contribution in [3.05, 3.63) is 36.4 Å². The topological polar surface area (TPSA) is 66.4 Å². The number of rotatable bonds is 5. The van der Waals surface area contributed by atoms with E-state index in [-0.39, 0.29) is 18.9 Å². The molecule has 0 N–H and O–H groups in total. The first-order valence-electron chi connectivity index (χ1n) is 4.64. The first kappa shape index (κ1) is 19.0. The summed E-state index contributed by atoms with van der Waals surface area (Å²) in [5.41, 5.74) is 0.499. The van der Waals surface area contributed by atoms with Crippen LogP contribution in [0.2, 0.25) is 0 Å². The van der Waals surface area contributed by atoms with Gasteiger partial charge in [-0.05, 0) is 17.7 Å². The minimum atomic E-state index is -6.57. The Balaban J connectivity index is 0.00000361. The molecular formula is C10H7F4LiO4S. The summed E-state index contributed by atoms with van der Waals surface area (Å²) in [6, 6.07) is 4.25. The molecule has 1 aromatic carbocycles. The molecular weight excluding hydrogens is 299 g/mol. The Morgan fingerprint density at radius 2 is 1.60 bits per heavy atom. The van der Waals surface area contributed by atoms with Gasteiger partial charge in [0.25, 0.3) is 0 Å². The van der Waals surface area contributed by atoms with E-state index in [1.807, 2.05) is 0 Å². The molecule has 0 atom stereocenters. The molecule has 20 heavy (non-hydrogen) atoms. The number of hydrogen-bond acceptors (Lipinski definition) is 4. The van der Waals surface area contributed by atoms with Crippen LogP contribution in [0.4, 0.5) is 17.6 Å². The van der Waals surface area contributed by atoms with E-state index in [9.17, 15) is 30.5 Å². The van der Waals surface area contributed by atoms with Crippen LogP contribution in [0.3, 0.4) is 0 Å². The monoisotopic (exact) mass is 306 g/mol. The molecule has 0 fully saturated rings. The van der Waals surface area contributed by atoms with E-state index >= 15 is 0 Å². The average Bonchev–Trinajstić information content (AvgIpc) is 2.28. The zero-order valence-corrected chi connectivity index (χ0v) is 11.0. The van der Waals surface area contributed by atoms with Gasteiger partial charge in [0.1, 0.15) is 5.75 Å². The van der Waals surface area contributed by atoms with E-state index in [1.54, 1.807) is 0 Å². The van der Waals surface area contributed by atoms with Crippen LogP contribution in [0.5, 0.6) is 5.75 Å². The molecule has 0 aliphatic rings. The summed E-state index contributed by atoms with van der Waals surface area (Å²) >= 11 is 0. The van der Waals surface area contributed by atoms with Crippen molar-refractivity contribution in [2.24, 2.45) is 0 Å². The molecule has 0 aromatic heterocycles. The van der Waals surface area contributed by atoms with E-state index in [0.717, 1.165) is 12.1 Å². The van der Waals surface area contributed by atoms with Crippen LogP contribution >= 0.6 is 0 Å². The van der Waals surface area contributed by atoms with Gasteiger partial charge in [0, 0.05) is 0 Å². The molecule has 106 valence electrons. The van der Waals surface area contributed by atoms with Crippen molar-refractivity contribution in [3.8, 4) is 5.75 Å². The van der Waals surface area contributed by atoms with Gasteiger partial charge < -0.3 is 9.29 Å². The fourth-order valence-electron chi connectivity index (χ4n) is 1.02. The fourth-order valence-corrected chi connectivity index (χ4v) is 1.36. The normalized spacial score (nSPS) is 12.4. The first-order chi connectivity index (χ1) is 8.51. The van der Waals surface area contributed by atoms with Crippen LogP contribution in [-0.2, 0) is 10.1 Å². The number of benzene rings is 1. The summed E-state index contributed by atoms with van der Waals surface area (Å²) in [6.07, 6.45) is -4.12. The van der Waals surface area contributed by atoms with Crippen molar-refractivity contribution in [3.63, 3.8) is 0 Å². The van der Waals surface area contributed by atoms with E-state index in [2.05, 4.69) is 11.3 Å². The second-order valence-electron chi connectivity index (χ2n) is 3.36. The van der Waals surface area contributed by atoms with Crippen molar-refractivity contribution < 1.29 is 54.1 Å². The Kier molecular flexibility index (Phi) is 5.86. The first-order valence-corrected chi connectivity index (χ1v) is 6.04. The SMILES string of the molecule is C=Cc1ccc(OC(F)(F)C(F)(F)S(=O)(=O)[O-])cc1.[Li+]. The molecule has 0 saturated carbocycles. The maximum Gasteiger partial charge on any atom is 1.00 e. The Hall–Kier alpha value is -1.01. The molecule has 0 radical (unpaired) electrons. The number of hydrogen-bond donors (Lipinski definition) is 0. The molecule has 0 aliphatic carbocycles. The Morgan fingerprint density at radius 3 is 1.95 bits per heavy atom. The van der Waals surface area contributed by atoms with Gasteiger partial charge in [-0.15, -0.1) is 0 Å². The summed E-state index contributed by atoms with van der Waals surface area (Å²) < 4.78 is 85.4. The van der Waals surface area contributed by atoms with Crippen LogP contribution in [0.25, 0.3) is 6.08 Å². The van der Waals surface area contributed by atoms with Crippen molar-refractivity contribution in [2.45, 2.75) is 11.4 Å². The van der Waals surface area contributed by atoms with Crippen LogP contribution in [0.1, 0.15) is 5.56 Å². The van der Waals surface area contributed by atoms with Crippen LogP contribution in [0, 0.1) is 0 Å². The van der Waals surface area contributed by atoms with Gasteiger partial charge in [0.15, 0.2) is 10.1 Å². The Morgan fingerprint density at radius 1 is 1.15 bits per heavy atom. The second kappa shape index (κ2) is 6.18. The number of halogens is 4. The molecule has 1 rings (SSSR count). The van der Waals surface area contributed by atoms with E-state index in [1.165, 1.54) is 18.2 Å². The molecule has 0 saturated heterocycles. The van der Waals surface area contributed by atoms with Crippen molar-refractivity contribution >= 4 is 16.2 Å². The predicted octanol–water partition coefficient (Wildman–Crippen LogP) is -0.557. The molecule has 0 amide bonds. The third kappa shape index (κ3) is 3.76. The maximum atomic E-state index is 13.0. The fraction of sp³-hybridized carbons (Fsp3) is 0.200. The summed E-state index contributed by atoms with van der Waals surface area (Å²) in [6.45, 7) is 3.38. The minimum Gasteiger partial charge on any atom is -0.743 e. The zero-order chi connectivity index (χ0) is 14.9. The smallest absolute Gasteiger partial charge is 0.743 e. The minimum absolute atomic E-state index is 0. The Bertz CT molecular complexity index is 571. The molecule has 0 heterocycles. The van der Waals surface area contributed by atoms with Crippen LogP contribution < -0.4 is 23.6 Å². The van der Waals surface area contributed by atoms with Crippen LogP contribution in [0.15, 0.2) is 30.8 Å². The summed E-state index contributed by atoms with van der Waals surface area (Å²) in [5.74, 6) is -0.723. The molecule has 0 spiro atoms. The largest absolute Gasteiger partial charge is 1.00 e. The summed E-state index contributed by atoms with van der Waals surface area (Å²) in [5, 5.41) is -5.88. The summed E-state index contributed by atoms with van der Waals surface area (Å²) in [4.78, 5) is 0. The van der Waals surface area contributed by atoms with Gasteiger partial charge >= 0.3 is 30.2 Å². The molecule has 0 bridgehead atoms. The Labute approximate surface area is 124 Å². The third-order valence-corrected chi connectivity index (χ3v) is 2.88. The maximum absolute atomic E-state index is 13.0. The van der Waals surface area contributed by atoms with Gasteiger partial charge in [0.05, 0.1) is 0 Å². The van der Waals surface area contributed by atoms with E-state index in [0.29, 0.717) is 5.56 Å². The number of ether oxygens (including phenoxy) is 1. The second-order valence-corrected chi connectivity index (χ2v) is 4.78. The molecule has 4 nitrogen and oxygen atoms in total. The van der Waals surface area contributed by atoms with Crippen LogP contribution in [-0.4, -0.2) is 24.3 Å². The zero-order valence-electron chi connectivity index (χ0n) is 10.1. The quantitative estimate of drug-likeness (QED) is 0.416. The van der Waals surface area contributed by atoms with Gasteiger partial charge in [-0.1, -0.05) is 24.8 Å². The van der Waals surface area contributed by atoms with Crippen molar-refractivity contribution in [2.75, 3.05) is 0 Å².